The summed E-state index contributed by atoms with van der Waals surface area (Å²) in [5, 5.41) is -0.490. The Balaban J connectivity index is 2.55. The molecular weight excluding hydrogens is 164 g/mol. The summed E-state index contributed by atoms with van der Waals surface area (Å²) in [7, 11) is 0. The summed E-state index contributed by atoms with van der Waals surface area (Å²) in [6.07, 6.45) is 6.17. The lowest BCUT2D eigenvalue weighted by Gasteiger charge is -2.14. The average Bonchev–Trinajstić information content (AvgIpc) is 2.05. The Morgan fingerprint density at radius 1 is 1.64 bits per heavy atom. The van der Waals surface area contributed by atoms with E-state index in [2.05, 4.69) is 0 Å². The molecule has 3 heteroatoms. The molecule has 11 heavy (non-hydrogen) atoms. The quantitative estimate of drug-likeness (QED) is 0.592. The van der Waals surface area contributed by atoms with E-state index in [1.165, 1.54) is 6.26 Å². The number of carbonyl (C=O) groups is 1. The lowest BCUT2D eigenvalue weighted by Crippen LogP contribution is -2.27. The van der Waals surface area contributed by atoms with Crippen molar-refractivity contribution in [2.75, 3.05) is 0 Å². The monoisotopic (exact) mass is 172 g/mol. The third-order valence-corrected chi connectivity index (χ3v) is 1.59. The number of ether oxygens (including phenoxy) is 1. The molecule has 0 saturated heterocycles. The van der Waals surface area contributed by atoms with Crippen LogP contribution in [0.4, 0.5) is 0 Å². The summed E-state index contributed by atoms with van der Waals surface area (Å²) < 4.78 is 5.00. The highest BCUT2D eigenvalue weighted by Crippen LogP contribution is 2.08. The van der Waals surface area contributed by atoms with E-state index in [-0.39, 0.29) is 5.78 Å². The fraction of sp³-hybridized carbons (Fsp3) is 0.375. The fourth-order valence-corrected chi connectivity index (χ4v) is 0.898. The van der Waals surface area contributed by atoms with Crippen molar-refractivity contribution in [1.29, 1.82) is 0 Å². The smallest absolute Gasteiger partial charge is 0.194 e. The second-order valence-electron chi connectivity index (χ2n) is 2.29. The van der Waals surface area contributed by atoms with Crippen molar-refractivity contribution in [2.24, 2.45) is 0 Å². The highest BCUT2D eigenvalue weighted by molar-refractivity contribution is 6.31. The van der Waals surface area contributed by atoms with Crippen LogP contribution in [-0.4, -0.2) is 17.3 Å². The average molecular weight is 173 g/mol. The van der Waals surface area contributed by atoms with E-state index >= 15 is 0 Å². The van der Waals surface area contributed by atoms with Crippen LogP contribution < -0.4 is 0 Å². The number of ketones is 1. The zero-order chi connectivity index (χ0) is 8.27. The number of Topliss-reactive ketones (excluding diaryl/α,β-unsaturated/α-hetero) is 1. The molecule has 0 aliphatic carbocycles. The molecule has 2 nitrogen and oxygen atoms in total. The van der Waals surface area contributed by atoms with Gasteiger partial charge >= 0.3 is 0 Å². The molecule has 1 aliphatic rings. The van der Waals surface area contributed by atoms with Gasteiger partial charge in [-0.15, -0.1) is 11.6 Å². The molecule has 1 aliphatic heterocycles. The van der Waals surface area contributed by atoms with Gasteiger partial charge < -0.3 is 4.74 Å². The summed E-state index contributed by atoms with van der Waals surface area (Å²) in [5.74, 6) is -0.104. The van der Waals surface area contributed by atoms with Crippen LogP contribution in [0.15, 0.2) is 24.5 Å². The first-order chi connectivity index (χ1) is 5.22. The van der Waals surface area contributed by atoms with Crippen LogP contribution in [0, 0.1) is 0 Å². The minimum absolute atomic E-state index is 0.104. The molecule has 0 bridgehead atoms. The van der Waals surface area contributed by atoms with E-state index in [4.69, 9.17) is 16.3 Å². The maximum absolute atomic E-state index is 11.2. The zero-order valence-electron chi connectivity index (χ0n) is 6.16. The number of hydrogen-bond donors (Lipinski definition) is 0. The molecular formula is C8H9ClO2. The predicted molar refractivity (Wildman–Crippen MR) is 43.5 cm³/mol. The molecule has 0 aromatic rings. The molecule has 0 aromatic heterocycles. The molecule has 0 aromatic carbocycles. The van der Waals surface area contributed by atoms with Gasteiger partial charge in [0, 0.05) is 0 Å². The minimum atomic E-state index is -0.493. The topological polar surface area (TPSA) is 26.3 Å². The van der Waals surface area contributed by atoms with E-state index in [9.17, 15) is 4.79 Å². The Bertz CT molecular complexity index is 206. The molecule has 0 fully saturated rings. The van der Waals surface area contributed by atoms with Crippen LogP contribution in [0.5, 0.6) is 0 Å². The van der Waals surface area contributed by atoms with E-state index in [0.29, 0.717) is 0 Å². The maximum Gasteiger partial charge on any atom is 0.194 e. The Hall–Kier alpha value is -0.760. The van der Waals surface area contributed by atoms with Gasteiger partial charge in [0.15, 0.2) is 11.9 Å². The lowest BCUT2D eigenvalue weighted by molar-refractivity contribution is -0.124. The van der Waals surface area contributed by atoms with Gasteiger partial charge in [0.25, 0.3) is 0 Å². The van der Waals surface area contributed by atoms with Crippen LogP contribution in [0.3, 0.4) is 0 Å². The van der Waals surface area contributed by atoms with Gasteiger partial charge in [0.2, 0.25) is 0 Å². The molecule has 0 radical (unpaired) electrons. The summed E-state index contributed by atoms with van der Waals surface area (Å²) in [6, 6.07) is 0. The largest absolute Gasteiger partial charge is 0.486 e. The van der Waals surface area contributed by atoms with Gasteiger partial charge in [0.05, 0.1) is 11.6 Å². The number of allylic oxidation sites excluding steroid dienone is 2. The van der Waals surface area contributed by atoms with Gasteiger partial charge in [0.1, 0.15) is 0 Å². The SMILES string of the molecule is C[C@@H](Cl)C(=O)[C@H]1C=CC=CO1. The first-order valence-electron chi connectivity index (χ1n) is 3.38. The van der Waals surface area contributed by atoms with Gasteiger partial charge in [-0.25, -0.2) is 0 Å². The number of carbonyl (C=O) groups excluding carboxylic acids is 1. The number of halogens is 1. The number of alkyl halides is 1. The van der Waals surface area contributed by atoms with E-state index < -0.39 is 11.5 Å². The predicted octanol–water partition coefficient (Wildman–Crippen LogP) is 1.65. The van der Waals surface area contributed by atoms with Crippen molar-refractivity contribution >= 4 is 17.4 Å². The molecule has 60 valence electrons. The van der Waals surface area contributed by atoms with Crippen LogP contribution in [-0.2, 0) is 9.53 Å². The van der Waals surface area contributed by atoms with Crippen molar-refractivity contribution in [3.63, 3.8) is 0 Å². The normalized spacial score (nSPS) is 24.4. The molecule has 0 amide bonds. The fourth-order valence-electron chi connectivity index (χ4n) is 0.774. The summed E-state index contributed by atoms with van der Waals surface area (Å²) in [5.41, 5.74) is 0. The van der Waals surface area contributed by atoms with Crippen molar-refractivity contribution in [2.45, 2.75) is 18.4 Å². The highest BCUT2D eigenvalue weighted by atomic mass is 35.5. The molecule has 1 rings (SSSR count). The second kappa shape index (κ2) is 3.58. The van der Waals surface area contributed by atoms with Crippen molar-refractivity contribution < 1.29 is 9.53 Å². The molecule has 1 heterocycles. The lowest BCUT2D eigenvalue weighted by atomic mass is 10.1. The van der Waals surface area contributed by atoms with Crippen molar-refractivity contribution in [3.8, 4) is 0 Å². The van der Waals surface area contributed by atoms with E-state index in [1.807, 2.05) is 0 Å². The number of hydrogen-bond acceptors (Lipinski definition) is 2. The van der Waals surface area contributed by atoms with Gasteiger partial charge in [-0.1, -0.05) is 6.08 Å². The van der Waals surface area contributed by atoms with Crippen LogP contribution in [0.25, 0.3) is 0 Å². The Labute approximate surface area is 70.5 Å². The van der Waals surface area contributed by atoms with Crippen molar-refractivity contribution in [1.82, 2.24) is 0 Å². The van der Waals surface area contributed by atoms with Gasteiger partial charge in [-0.2, -0.15) is 0 Å². The van der Waals surface area contributed by atoms with Crippen LogP contribution in [0.1, 0.15) is 6.92 Å². The second-order valence-corrected chi connectivity index (χ2v) is 2.94. The molecule has 0 unspecified atom stereocenters. The Kier molecular flexibility index (Phi) is 2.71. The Morgan fingerprint density at radius 3 is 2.82 bits per heavy atom. The Morgan fingerprint density at radius 2 is 2.36 bits per heavy atom. The standard InChI is InChI=1S/C8H9ClO2/c1-6(9)8(10)7-4-2-3-5-11-7/h2-7H,1H3/t6-,7-/m1/s1. The van der Waals surface area contributed by atoms with Gasteiger partial charge in [-0.05, 0) is 19.1 Å². The van der Waals surface area contributed by atoms with Crippen LogP contribution in [0.2, 0.25) is 0 Å². The van der Waals surface area contributed by atoms with E-state index in [0.717, 1.165) is 0 Å². The van der Waals surface area contributed by atoms with Gasteiger partial charge in [-0.3, -0.25) is 4.79 Å². The van der Waals surface area contributed by atoms with E-state index in [1.54, 1.807) is 25.2 Å². The summed E-state index contributed by atoms with van der Waals surface area (Å²) >= 11 is 5.57. The molecule has 0 spiro atoms. The zero-order valence-corrected chi connectivity index (χ0v) is 6.91. The maximum atomic E-state index is 11.2. The molecule has 0 saturated carbocycles. The summed E-state index contributed by atoms with van der Waals surface area (Å²) in [4.78, 5) is 11.2. The first-order valence-corrected chi connectivity index (χ1v) is 3.82. The number of rotatable bonds is 2. The van der Waals surface area contributed by atoms with Crippen molar-refractivity contribution in [3.05, 3.63) is 24.5 Å². The summed E-state index contributed by atoms with van der Waals surface area (Å²) in [6.45, 7) is 1.64. The molecule has 0 N–H and O–H groups in total. The molecule has 2 atom stereocenters. The minimum Gasteiger partial charge on any atom is -0.486 e. The highest BCUT2D eigenvalue weighted by Gasteiger charge is 2.20. The third kappa shape index (κ3) is 2.09. The first kappa shape index (κ1) is 8.34. The third-order valence-electron chi connectivity index (χ3n) is 1.37. The van der Waals surface area contributed by atoms with Crippen LogP contribution >= 0.6 is 11.6 Å².